The lowest BCUT2D eigenvalue weighted by atomic mass is 9.80. The highest BCUT2D eigenvalue weighted by Gasteiger charge is 2.59. The van der Waals surface area contributed by atoms with Crippen molar-refractivity contribution in [2.75, 3.05) is 5.73 Å². The van der Waals surface area contributed by atoms with Crippen LogP contribution in [0, 0.1) is 11.2 Å². The first-order chi connectivity index (χ1) is 17.0. The summed E-state index contributed by atoms with van der Waals surface area (Å²) < 4.78 is 29.9. The van der Waals surface area contributed by atoms with Crippen LogP contribution in [0.3, 0.4) is 0 Å². The molecule has 0 amide bonds. The predicted octanol–water partition coefficient (Wildman–Crippen LogP) is 6.11. The highest BCUT2D eigenvalue weighted by Crippen LogP contribution is 2.55. The van der Waals surface area contributed by atoms with Crippen LogP contribution < -0.4 is 5.73 Å². The minimum atomic E-state index is -0.708. The van der Waals surface area contributed by atoms with Gasteiger partial charge in [0.25, 0.3) is 0 Å². The number of nitrogen functional groups attached to an aromatic ring is 1. The molecule has 1 saturated heterocycles. The van der Waals surface area contributed by atoms with Gasteiger partial charge in [-0.25, -0.2) is 19.3 Å². The SMILES string of the molecule is CC1(C)O[C@H]2[C@H](n3ccc4c(Cl)ncnc43)C[C@](C)(CCc3cc(F)c4cc(Cl)c(N)nc4c3)[C@H]2O1. The van der Waals surface area contributed by atoms with Crippen molar-refractivity contribution in [1.29, 1.82) is 0 Å². The van der Waals surface area contributed by atoms with Crippen LogP contribution in [0.25, 0.3) is 21.9 Å². The zero-order valence-electron chi connectivity index (χ0n) is 20.1. The van der Waals surface area contributed by atoms with Crippen molar-refractivity contribution in [3.8, 4) is 0 Å². The fraction of sp³-hybridized carbons (Fsp3) is 0.423. The quantitative estimate of drug-likeness (QED) is 0.320. The number of benzene rings is 1. The lowest BCUT2D eigenvalue weighted by Crippen LogP contribution is -2.34. The van der Waals surface area contributed by atoms with E-state index in [4.69, 9.17) is 38.4 Å². The van der Waals surface area contributed by atoms with E-state index in [0.29, 0.717) is 22.5 Å². The maximum Gasteiger partial charge on any atom is 0.163 e. The van der Waals surface area contributed by atoms with Crippen molar-refractivity contribution in [1.82, 2.24) is 19.5 Å². The zero-order valence-corrected chi connectivity index (χ0v) is 21.6. The largest absolute Gasteiger partial charge is 0.382 e. The number of nitrogens with zero attached hydrogens (tertiary/aromatic N) is 4. The molecule has 188 valence electrons. The molecule has 6 rings (SSSR count). The van der Waals surface area contributed by atoms with E-state index < -0.39 is 5.79 Å². The smallest absolute Gasteiger partial charge is 0.163 e. The van der Waals surface area contributed by atoms with E-state index in [1.165, 1.54) is 12.4 Å². The van der Waals surface area contributed by atoms with Gasteiger partial charge in [-0.2, -0.15) is 0 Å². The summed E-state index contributed by atoms with van der Waals surface area (Å²) in [4.78, 5) is 12.9. The molecule has 0 spiro atoms. The Hall–Kier alpha value is -2.52. The monoisotopic (exact) mass is 529 g/mol. The van der Waals surface area contributed by atoms with Crippen LogP contribution in [0.2, 0.25) is 10.2 Å². The first-order valence-corrected chi connectivity index (χ1v) is 12.7. The third-order valence-corrected chi connectivity index (χ3v) is 8.20. The number of nitrogens with two attached hydrogens (primary N) is 1. The Labute approximate surface area is 217 Å². The van der Waals surface area contributed by atoms with Gasteiger partial charge in [0.15, 0.2) is 5.79 Å². The number of ether oxygens (including phenoxy) is 2. The average Bonchev–Trinajstić information content (AvgIpc) is 3.46. The van der Waals surface area contributed by atoms with E-state index in [-0.39, 0.29) is 40.3 Å². The summed E-state index contributed by atoms with van der Waals surface area (Å²) in [7, 11) is 0. The number of hydrogen-bond donors (Lipinski definition) is 1. The molecule has 4 atom stereocenters. The van der Waals surface area contributed by atoms with Gasteiger partial charge in [-0.1, -0.05) is 30.1 Å². The number of rotatable bonds is 4. The summed E-state index contributed by atoms with van der Waals surface area (Å²) in [6.45, 7) is 6.10. The van der Waals surface area contributed by atoms with E-state index in [2.05, 4.69) is 26.4 Å². The second-order valence-electron chi connectivity index (χ2n) is 10.6. The summed E-state index contributed by atoms with van der Waals surface area (Å²) >= 11 is 12.4. The molecule has 7 nitrogen and oxygen atoms in total. The second-order valence-corrected chi connectivity index (χ2v) is 11.3. The van der Waals surface area contributed by atoms with Crippen molar-refractivity contribution in [2.45, 2.75) is 64.1 Å². The zero-order chi connectivity index (χ0) is 25.4. The van der Waals surface area contributed by atoms with Gasteiger partial charge in [0.1, 0.15) is 34.9 Å². The van der Waals surface area contributed by atoms with Crippen molar-refractivity contribution < 1.29 is 13.9 Å². The highest BCUT2D eigenvalue weighted by molar-refractivity contribution is 6.34. The summed E-state index contributed by atoms with van der Waals surface area (Å²) in [6, 6.07) is 6.90. The molecule has 1 aliphatic carbocycles. The molecular formula is C26H26Cl2FN5O2. The maximum absolute atomic E-state index is 14.9. The standard InChI is InChI=1S/C26H26Cl2FN5O2/c1-25(2)35-20-19(34-7-5-14-22(28)31-12-32-24(14)34)11-26(3,21(20)36-25)6-4-13-8-17(29)15-10-16(27)23(30)33-18(15)9-13/h5,7-10,12,19-21H,4,6,11H2,1-3H3,(H2,30,33)/t19-,20+,21+,26+/m1/s1. The van der Waals surface area contributed by atoms with Gasteiger partial charge in [0, 0.05) is 11.6 Å². The number of pyridine rings is 1. The van der Waals surface area contributed by atoms with Crippen LogP contribution in [0.4, 0.5) is 10.2 Å². The van der Waals surface area contributed by atoms with Crippen molar-refractivity contribution in [3.63, 3.8) is 0 Å². The number of fused-ring (bicyclic) bond motifs is 3. The Bertz CT molecular complexity index is 1510. The van der Waals surface area contributed by atoms with Crippen LogP contribution >= 0.6 is 23.2 Å². The molecule has 2 N–H and O–H groups in total. The number of aromatic nitrogens is 4. The first-order valence-electron chi connectivity index (χ1n) is 11.9. The molecule has 2 fully saturated rings. The van der Waals surface area contributed by atoms with Crippen LogP contribution in [0.15, 0.2) is 36.8 Å². The molecule has 1 aromatic carbocycles. The summed E-state index contributed by atoms with van der Waals surface area (Å²) in [5, 5.41) is 1.84. The van der Waals surface area contributed by atoms with E-state index in [0.717, 1.165) is 29.4 Å². The Morgan fingerprint density at radius 1 is 1.14 bits per heavy atom. The van der Waals surface area contributed by atoms with Crippen LogP contribution in [-0.2, 0) is 15.9 Å². The van der Waals surface area contributed by atoms with Gasteiger partial charge >= 0.3 is 0 Å². The van der Waals surface area contributed by atoms with Crippen LogP contribution in [0.1, 0.15) is 45.2 Å². The molecule has 0 unspecified atom stereocenters. The van der Waals surface area contributed by atoms with Crippen LogP contribution in [-0.4, -0.2) is 37.5 Å². The Morgan fingerprint density at radius 2 is 1.94 bits per heavy atom. The van der Waals surface area contributed by atoms with Crippen molar-refractivity contribution in [2.24, 2.45) is 5.41 Å². The summed E-state index contributed by atoms with van der Waals surface area (Å²) in [5.74, 6) is -0.877. The molecule has 0 radical (unpaired) electrons. The topological polar surface area (TPSA) is 88.1 Å². The molecule has 36 heavy (non-hydrogen) atoms. The van der Waals surface area contributed by atoms with Gasteiger partial charge in [-0.05, 0) is 68.4 Å². The fourth-order valence-corrected chi connectivity index (χ4v) is 6.22. The average molecular weight is 530 g/mol. The minimum Gasteiger partial charge on any atom is -0.382 e. The molecule has 1 aliphatic heterocycles. The molecule has 2 aliphatic rings. The Morgan fingerprint density at radius 3 is 2.75 bits per heavy atom. The van der Waals surface area contributed by atoms with Crippen molar-refractivity contribution >= 4 is 51.0 Å². The van der Waals surface area contributed by atoms with E-state index in [1.54, 1.807) is 6.07 Å². The molecule has 3 aromatic heterocycles. The fourth-order valence-electron chi connectivity index (χ4n) is 5.88. The normalized spacial score (nSPS) is 27.2. The number of halogens is 3. The highest BCUT2D eigenvalue weighted by atomic mass is 35.5. The molecule has 0 bridgehead atoms. The number of anilines is 1. The second kappa shape index (κ2) is 8.25. The van der Waals surface area contributed by atoms with Crippen LogP contribution in [0.5, 0.6) is 0 Å². The maximum atomic E-state index is 14.9. The van der Waals surface area contributed by atoms with Crippen molar-refractivity contribution in [3.05, 3.63) is 58.3 Å². The third-order valence-electron chi connectivity index (χ3n) is 7.60. The first kappa shape index (κ1) is 23.9. The predicted molar refractivity (Wildman–Crippen MR) is 138 cm³/mol. The summed E-state index contributed by atoms with van der Waals surface area (Å²) in [6.07, 6.45) is 5.40. The Balaban J connectivity index is 1.32. The van der Waals surface area contributed by atoms with Gasteiger partial charge in [0.2, 0.25) is 0 Å². The lowest BCUT2D eigenvalue weighted by molar-refractivity contribution is -0.168. The van der Waals surface area contributed by atoms with E-state index >= 15 is 0 Å². The number of aryl methyl sites for hydroxylation is 1. The molecule has 10 heteroatoms. The molecule has 4 aromatic rings. The van der Waals surface area contributed by atoms with Gasteiger partial charge in [-0.3, -0.25) is 0 Å². The molecule has 1 saturated carbocycles. The molecular weight excluding hydrogens is 504 g/mol. The third kappa shape index (κ3) is 3.82. The van der Waals surface area contributed by atoms with Gasteiger partial charge in [-0.15, -0.1) is 0 Å². The van der Waals surface area contributed by atoms with E-state index in [1.807, 2.05) is 32.2 Å². The van der Waals surface area contributed by atoms with Gasteiger partial charge in [0.05, 0.1) is 28.1 Å². The summed E-state index contributed by atoms with van der Waals surface area (Å²) in [5.41, 5.74) is 7.75. The Kier molecular flexibility index (Phi) is 5.46. The van der Waals surface area contributed by atoms with Gasteiger partial charge < -0.3 is 19.8 Å². The molecule has 4 heterocycles. The van der Waals surface area contributed by atoms with E-state index in [9.17, 15) is 4.39 Å². The lowest BCUT2D eigenvalue weighted by Gasteiger charge is -2.32. The minimum absolute atomic E-state index is 0.00203. The number of hydrogen-bond acceptors (Lipinski definition) is 6.